The van der Waals surface area contributed by atoms with Gasteiger partial charge in [0.05, 0.1) is 17.4 Å². The van der Waals surface area contributed by atoms with Crippen molar-refractivity contribution in [1.29, 1.82) is 0 Å². The Morgan fingerprint density at radius 1 is 1.13 bits per heavy atom. The maximum atomic E-state index is 13.0. The Labute approximate surface area is 129 Å². The van der Waals surface area contributed by atoms with Crippen LogP contribution in [0.1, 0.15) is 27.6 Å². The Morgan fingerprint density at radius 3 is 2.13 bits per heavy atom. The minimum atomic E-state index is -4.71. The predicted molar refractivity (Wildman–Crippen MR) is 73.0 cm³/mol. The van der Waals surface area contributed by atoms with Crippen molar-refractivity contribution in [2.75, 3.05) is 13.1 Å². The van der Waals surface area contributed by atoms with Gasteiger partial charge in [-0.05, 0) is 13.0 Å². The van der Waals surface area contributed by atoms with E-state index in [0.717, 1.165) is 4.90 Å². The van der Waals surface area contributed by atoms with E-state index in [1.165, 1.54) is 31.2 Å². The van der Waals surface area contributed by atoms with Gasteiger partial charge in [0.2, 0.25) is 0 Å². The molecule has 1 aromatic carbocycles. The van der Waals surface area contributed by atoms with E-state index in [1.54, 1.807) is 0 Å². The van der Waals surface area contributed by atoms with Crippen molar-refractivity contribution >= 4 is 17.7 Å². The fourth-order valence-electron chi connectivity index (χ4n) is 2.70. The summed E-state index contributed by atoms with van der Waals surface area (Å²) in [4.78, 5) is 35.9. The van der Waals surface area contributed by atoms with Gasteiger partial charge in [0.1, 0.15) is 0 Å². The van der Waals surface area contributed by atoms with E-state index in [1.807, 2.05) is 0 Å². The van der Waals surface area contributed by atoms with Gasteiger partial charge in [-0.1, -0.05) is 18.2 Å². The highest BCUT2D eigenvalue weighted by atomic mass is 19.4. The number of likely N-dealkylation sites (tertiary alicyclic amines) is 1. The highest BCUT2D eigenvalue weighted by molar-refractivity contribution is 6.07. The molecule has 1 N–H and O–H groups in total. The molecule has 0 aliphatic carbocycles. The predicted octanol–water partition coefficient (Wildman–Crippen LogP) is 2.22. The zero-order valence-electron chi connectivity index (χ0n) is 12.1. The van der Waals surface area contributed by atoms with Crippen LogP contribution in [0.15, 0.2) is 24.3 Å². The average Bonchev–Trinajstić information content (AvgIpc) is 2.92. The molecule has 8 heteroatoms. The van der Waals surface area contributed by atoms with Gasteiger partial charge in [-0.2, -0.15) is 13.2 Å². The molecule has 0 spiro atoms. The summed E-state index contributed by atoms with van der Waals surface area (Å²) < 4.78 is 38.9. The average molecular weight is 329 g/mol. The molecule has 2 rings (SSSR count). The first kappa shape index (κ1) is 17.0. The third kappa shape index (κ3) is 3.35. The Hall–Kier alpha value is -2.38. The lowest BCUT2D eigenvalue weighted by Crippen LogP contribution is -2.34. The lowest BCUT2D eigenvalue weighted by Gasteiger charge is -2.19. The largest absolute Gasteiger partial charge is 0.481 e. The molecule has 0 bridgehead atoms. The second-order valence-corrected chi connectivity index (χ2v) is 5.40. The number of carboxylic acids is 1. The van der Waals surface area contributed by atoms with Crippen molar-refractivity contribution < 1.29 is 32.7 Å². The van der Waals surface area contributed by atoms with Crippen molar-refractivity contribution in [2.24, 2.45) is 11.8 Å². The molecule has 1 heterocycles. The molecular formula is C15H14F3NO4. The first-order valence-corrected chi connectivity index (χ1v) is 6.81. The number of carbonyl (C=O) groups excluding carboxylic acids is 2. The van der Waals surface area contributed by atoms with Crippen molar-refractivity contribution in [3.05, 3.63) is 35.4 Å². The summed E-state index contributed by atoms with van der Waals surface area (Å²) in [6.45, 7) is -0.0230. The third-order valence-electron chi connectivity index (χ3n) is 3.88. The number of hydrogen-bond acceptors (Lipinski definition) is 3. The number of carboxylic acid groups (broad SMARTS) is 1. The van der Waals surface area contributed by atoms with Gasteiger partial charge in [-0.15, -0.1) is 0 Å². The van der Waals surface area contributed by atoms with Gasteiger partial charge < -0.3 is 10.0 Å². The van der Waals surface area contributed by atoms with E-state index in [9.17, 15) is 27.6 Å². The van der Waals surface area contributed by atoms with Crippen LogP contribution in [-0.4, -0.2) is 46.9 Å². The SMILES string of the molecule is CC(=O)c1ccccc1C(=O)N1C[C@@H](C(F)(F)F)[C@H](C(=O)O)C1. The summed E-state index contributed by atoms with van der Waals surface area (Å²) in [5.74, 6) is -6.58. The van der Waals surface area contributed by atoms with Gasteiger partial charge in [0.15, 0.2) is 5.78 Å². The molecule has 1 aliphatic heterocycles. The lowest BCUT2D eigenvalue weighted by atomic mass is 9.96. The van der Waals surface area contributed by atoms with Gasteiger partial charge in [0, 0.05) is 18.7 Å². The van der Waals surface area contributed by atoms with Crippen LogP contribution in [0.4, 0.5) is 13.2 Å². The quantitative estimate of drug-likeness (QED) is 0.863. The molecular weight excluding hydrogens is 315 g/mol. The van der Waals surface area contributed by atoms with E-state index < -0.39 is 48.8 Å². The van der Waals surface area contributed by atoms with E-state index in [2.05, 4.69) is 0 Å². The van der Waals surface area contributed by atoms with Crippen LogP contribution in [0.3, 0.4) is 0 Å². The minimum absolute atomic E-state index is 0.0213. The number of aliphatic carboxylic acids is 1. The maximum Gasteiger partial charge on any atom is 0.394 e. The van der Waals surface area contributed by atoms with Crippen molar-refractivity contribution in [3.8, 4) is 0 Å². The van der Waals surface area contributed by atoms with Gasteiger partial charge in [0.25, 0.3) is 5.91 Å². The van der Waals surface area contributed by atoms with Crippen LogP contribution in [0, 0.1) is 11.8 Å². The minimum Gasteiger partial charge on any atom is -0.481 e. The second kappa shape index (κ2) is 6.02. The van der Waals surface area contributed by atoms with Crippen molar-refractivity contribution in [2.45, 2.75) is 13.1 Å². The van der Waals surface area contributed by atoms with Crippen LogP contribution >= 0.6 is 0 Å². The van der Waals surface area contributed by atoms with Crippen LogP contribution in [0.5, 0.6) is 0 Å². The number of ketones is 1. The van der Waals surface area contributed by atoms with Crippen LogP contribution in [0.2, 0.25) is 0 Å². The summed E-state index contributed by atoms with van der Waals surface area (Å²) in [5.41, 5.74) is 0.0757. The fraction of sp³-hybridized carbons (Fsp3) is 0.400. The summed E-state index contributed by atoms with van der Waals surface area (Å²) in [5, 5.41) is 8.97. The van der Waals surface area contributed by atoms with Gasteiger partial charge in [-0.3, -0.25) is 14.4 Å². The van der Waals surface area contributed by atoms with E-state index in [-0.39, 0.29) is 11.1 Å². The Morgan fingerprint density at radius 2 is 1.70 bits per heavy atom. The molecule has 0 unspecified atom stereocenters. The Bertz CT molecular complexity index is 656. The number of nitrogens with zero attached hydrogens (tertiary/aromatic N) is 1. The molecule has 2 atom stereocenters. The van der Waals surface area contributed by atoms with Crippen LogP contribution in [0.25, 0.3) is 0 Å². The summed E-state index contributed by atoms with van der Waals surface area (Å²) in [6, 6.07) is 5.78. The molecule has 23 heavy (non-hydrogen) atoms. The number of benzene rings is 1. The first-order valence-electron chi connectivity index (χ1n) is 6.81. The van der Waals surface area contributed by atoms with E-state index in [4.69, 9.17) is 5.11 Å². The van der Waals surface area contributed by atoms with Gasteiger partial charge >= 0.3 is 12.1 Å². The lowest BCUT2D eigenvalue weighted by molar-refractivity contribution is -0.187. The summed E-state index contributed by atoms with van der Waals surface area (Å²) in [6.07, 6.45) is -4.71. The molecule has 124 valence electrons. The van der Waals surface area contributed by atoms with Gasteiger partial charge in [-0.25, -0.2) is 0 Å². The number of alkyl halides is 3. The smallest absolute Gasteiger partial charge is 0.394 e. The fourth-order valence-corrected chi connectivity index (χ4v) is 2.70. The standard InChI is InChI=1S/C15H14F3NO4/c1-8(20)9-4-2-3-5-10(9)13(21)19-6-11(14(22)23)12(7-19)15(16,17)18/h2-5,11-12H,6-7H2,1H3,(H,22,23)/t11-,12-/m1/s1. The van der Waals surface area contributed by atoms with E-state index >= 15 is 0 Å². The highest BCUT2D eigenvalue weighted by Gasteiger charge is 2.53. The third-order valence-corrected chi connectivity index (χ3v) is 3.88. The molecule has 0 saturated carbocycles. The number of carbonyl (C=O) groups is 3. The summed E-state index contributed by atoms with van der Waals surface area (Å²) >= 11 is 0. The molecule has 5 nitrogen and oxygen atoms in total. The molecule has 1 fully saturated rings. The molecule has 1 amide bonds. The zero-order valence-corrected chi connectivity index (χ0v) is 12.1. The first-order chi connectivity index (χ1) is 10.6. The zero-order chi connectivity index (χ0) is 17.4. The normalized spacial score (nSPS) is 21.3. The van der Waals surface area contributed by atoms with E-state index in [0.29, 0.717) is 0 Å². The Kier molecular flexibility index (Phi) is 4.44. The number of amides is 1. The number of hydrogen-bond donors (Lipinski definition) is 1. The molecule has 1 aliphatic rings. The maximum absolute atomic E-state index is 13.0. The number of Topliss-reactive ketones (excluding diaryl/α,β-unsaturated/α-hetero) is 1. The molecule has 1 saturated heterocycles. The summed E-state index contributed by atoms with van der Waals surface area (Å²) in [7, 11) is 0. The van der Waals surface area contributed by atoms with Crippen LogP contribution in [-0.2, 0) is 4.79 Å². The Balaban J connectivity index is 2.32. The molecule has 0 aromatic heterocycles. The second-order valence-electron chi connectivity index (χ2n) is 5.40. The van der Waals surface area contributed by atoms with Crippen molar-refractivity contribution in [3.63, 3.8) is 0 Å². The molecule has 1 aromatic rings. The van der Waals surface area contributed by atoms with Crippen molar-refractivity contribution in [1.82, 2.24) is 4.90 Å². The monoisotopic (exact) mass is 329 g/mol. The molecule has 0 radical (unpaired) electrons. The van der Waals surface area contributed by atoms with Crippen LogP contribution < -0.4 is 0 Å². The number of rotatable bonds is 3. The topological polar surface area (TPSA) is 74.7 Å². The number of halogens is 3. The highest BCUT2D eigenvalue weighted by Crippen LogP contribution is 2.38.